The maximum Gasteiger partial charge on any atom is 0.408 e. The van der Waals surface area contributed by atoms with Crippen molar-refractivity contribution in [3.8, 4) is 5.75 Å². The number of aromatic nitrogens is 1. The number of nitrogens with one attached hydrogen (secondary N) is 3. The Labute approximate surface area is 253 Å². The Kier molecular flexibility index (Phi) is 6.53. The standard InChI is InChI=1S/C33H31N5O6/c1-17(2)25-30-38-26(28(34)39)27(44-30)33-20-10-6-7-11-22(20)35-31(33)43-24-13-12-19(14-21(24)33)15-23(29(40)37-25)36-32(41)42-16-18-8-4-3-5-9-18/h3-14,17,23,25,31,35H,15-16H2,1-2H3,(H2,34,39)(H,36,41)(H,37,40)/t23-,25-,31?,33?/m0/s1. The minimum atomic E-state index is -1.10. The molecule has 1 aromatic heterocycles. The van der Waals surface area contributed by atoms with Gasteiger partial charge in [-0.3, -0.25) is 9.59 Å². The van der Waals surface area contributed by atoms with Gasteiger partial charge in [0, 0.05) is 17.7 Å². The topological polar surface area (TPSA) is 158 Å². The molecular formula is C33H31N5O6. The molecule has 3 amide bonds. The molecule has 3 aliphatic rings. The number of primary amides is 1. The Bertz CT molecular complexity index is 1790. The van der Waals surface area contributed by atoms with Gasteiger partial charge in [0.2, 0.25) is 11.8 Å². The summed E-state index contributed by atoms with van der Waals surface area (Å²) in [4.78, 5) is 44.2. The predicted molar refractivity (Wildman–Crippen MR) is 159 cm³/mol. The smallest absolute Gasteiger partial charge is 0.408 e. The maximum absolute atomic E-state index is 13.8. The molecule has 5 N–H and O–H groups in total. The second-order valence-electron chi connectivity index (χ2n) is 11.6. The number of benzene rings is 3. The van der Waals surface area contributed by atoms with E-state index in [4.69, 9.17) is 19.6 Å². The van der Waals surface area contributed by atoms with Crippen LogP contribution in [0.15, 0.2) is 77.2 Å². The fourth-order valence-corrected chi connectivity index (χ4v) is 6.38. The van der Waals surface area contributed by atoms with Crippen molar-refractivity contribution in [3.05, 3.63) is 112 Å². The first kappa shape index (κ1) is 27.5. The van der Waals surface area contributed by atoms with Gasteiger partial charge >= 0.3 is 6.09 Å². The SMILES string of the molecule is CC(C)[C@@H]1NC(=O)[C@@H](NC(=O)OCc2ccccc2)Cc2ccc3c(c2)C2(c4ccccc4NC2O3)c2oc1nc2C(N)=O. The Morgan fingerprint density at radius 3 is 2.61 bits per heavy atom. The van der Waals surface area contributed by atoms with E-state index in [-0.39, 0.29) is 36.3 Å². The lowest BCUT2D eigenvalue weighted by molar-refractivity contribution is -0.124. The molecule has 0 saturated carbocycles. The van der Waals surface area contributed by atoms with Crippen molar-refractivity contribution < 1.29 is 28.3 Å². The molecule has 224 valence electrons. The van der Waals surface area contributed by atoms with E-state index < -0.39 is 41.6 Å². The van der Waals surface area contributed by atoms with Crippen molar-refractivity contribution in [2.75, 3.05) is 5.32 Å². The highest BCUT2D eigenvalue weighted by molar-refractivity contribution is 5.93. The van der Waals surface area contributed by atoms with Crippen LogP contribution in [0.25, 0.3) is 0 Å². The highest BCUT2D eigenvalue weighted by atomic mass is 16.5. The molecule has 1 spiro atoms. The maximum atomic E-state index is 13.8. The van der Waals surface area contributed by atoms with Gasteiger partial charge in [0.15, 0.2) is 17.7 Å². The zero-order chi connectivity index (χ0) is 30.6. The van der Waals surface area contributed by atoms with E-state index in [1.165, 1.54) is 0 Å². The third-order valence-electron chi connectivity index (χ3n) is 8.47. The van der Waals surface area contributed by atoms with Gasteiger partial charge in [-0.05, 0) is 34.7 Å². The largest absolute Gasteiger partial charge is 0.469 e. The van der Waals surface area contributed by atoms with Gasteiger partial charge in [0.25, 0.3) is 5.91 Å². The summed E-state index contributed by atoms with van der Waals surface area (Å²) in [6.07, 6.45) is -1.22. The molecule has 7 rings (SSSR count). The molecule has 11 nitrogen and oxygen atoms in total. The number of hydrogen-bond donors (Lipinski definition) is 4. The van der Waals surface area contributed by atoms with Gasteiger partial charge in [0.05, 0.1) is 0 Å². The fourth-order valence-electron chi connectivity index (χ4n) is 6.38. The monoisotopic (exact) mass is 593 g/mol. The highest BCUT2D eigenvalue weighted by Crippen LogP contribution is 2.58. The van der Waals surface area contributed by atoms with Crippen molar-refractivity contribution in [1.29, 1.82) is 0 Å². The van der Waals surface area contributed by atoms with E-state index in [1.54, 1.807) is 0 Å². The van der Waals surface area contributed by atoms with Gasteiger partial charge < -0.3 is 35.6 Å². The van der Waals surface area contributed by atoms with E-state index in [0.717, 1.165) is 27.9 Å². The van der Waals surface area contributed by atoms with Crippen LogP contribution in [0.2, 0.25) is 0 Å². The summed E-state index contributed by atoms with van der Waals surface area (Å²) in [6, 6.07) is 20.9. The summed E-state index contributed by atoms with van der Waals surface area (Å²) < 4.78 is 18.4. The summed E-state index contributed by atoms with van der Waals surface area (Å²) in [5, 5.41) is 9.18. The summed E-state index contributed by atoms with van der Waals surface area (Å²) in [5.41, 5.74) is 8.74. The molecule has 3 aliphatic heterocycles. The normalized spacial score (nSPS) is 22.8. The lowest BCUT2D eigenvalue weighted by Gasteiger charge is -2.28. The number of anilines is 1. The quantitative estimate of drug-likeness (QED) is 0.271. The van der Waals surface area contributed by atoms with Gasteiger partial charge in [-0.2, -0.15) is 0 Å². The molecule has 4 heterocycles. The Morgan fingerprint density at radius 1 is 1.07 bits per heavy atom. The third kappa shape index (κ3) is 4.34. The predicted octanol–water partition coefficient (Wildman–Crippen LogP) is 3.92. The first-order valence-corrected chi connectivity index (χ1v) is 14.5. The highest BCUT2D eigenvalue weighted by Gasteiger charge is 2.61. The van der Waals surface area contributed by atoms with Crippen LogP contribution in [0.3, 0.4) is 0 Å². The molecule has 11 heteroatoms. The van der Waals surface area contributed by atoms with Crippen LogP contribution in [-0.2, 0) is 28.0 Å². The minimum Gasteiger partial charge on any atom is -0.469 e. The number of nitrogens with two attached hydrogens (primary N) is 1. The van der Waals surface area contributed by atoms with Gasteiger partial charge in [-0.25, -0.2) is 9.78 Å². The third-order valence-corrected chi connectivity index (χ3v) is 8.47. The molecule has 44 heavy (non-hydrogen) atoms. The summed E-state index contributed by atoms with van der Waals surface area (Å²) in [7, 11) is 0. The van der Waals surface area contributed by atoms with Crippen LogP contribution >= 0.6 is 0 Å². The van der Waals surface area contributed by atoms with E-state index in [1.807, 2.05) is 86.6 Å². The van der Waals surface area contributed by atoms with Crippen LogP contribution < -0.4 is 26.4 Å². The molecule has 2 unspecified atom stereocenters. The lowest BCUT2D eigenvalue weighted by Crippen LogP contribution is -2.49. The summed E-state index contributed by atoms with van der Waals surface area (Å²) >= 11 is 0. The Hall–Kier alpha value is -5.32. The van der Waals surface area contributed by atoms with Crippen molar-refractivity contribution in [2.24, 2.45) is 11.7 Å². The molecule has 4 bridgehead atoms. The number of amides is 3. The van der Waals surface area contributed by atoms with Crippen LogP contribution in [-0.4, -0.2) is 35.2 Å². The average Bonchev–Trinajstić information content (AvgIpc) is 3.68. The van der Waals surface area contributed by atoms with Crippen LogP contribution in [0.4, 0.5) is 10.5 Å². The number of fused-ring (bicyclic) bond motifs is 4. The zero-order valence-corrected chi connectivity index (χ0v) is 24.1. The van der Waals surface area contributed by atoms with Crippen LogP contribution in [0.5, 0.6) is 5.75 Å². The van der Waals surface area contributed by atoms with Crippen molar-refractivity contribution in [3.63, 3.8) is 0 Å². The molecule has 3 aromatic carbocycles. The second kappa shape index (κ2) is 10.4. The second-order valence-corrected chi connectivity index (χ2v) is 11.6. The van der Waals surface area contributed by atoms with Crippen LogP contribution in [0.1, 0.15) is 64.3 Å². The molecule has 0 saturated heterocycles. The van der Waals surface area contributed by atoms with Gasteiger partial charge in [-0.1, -0.05) is 74.5 Å². The fraction of sp³-hybridized carbons (Fsp3) is 0.273. The number of carbonyl (C=O) groups is 3. The summed E-state index contributed by atoms with van der Waals surface area (Å²) in [5.74, 6) is -0.457. The van der Waals surface area contributed by atoms with Crippen LogP contribution in [0, 0.1) is 5.92 Å². The molecule has 0 fully saturated rings. The molecule has 0 radical (unpaired) electrons. The zero-order valence-electron chi connectivity index (χ0n) is 24.1. The van der Waals surface area contributed by atoms with Crippen molar-refractivity contribution >= 4 is 23.6 Å². The lowest BCUT2D eigenvalue weighted by atomic mass is 9.72. The molecule has 4 aromatic rings. The average molecular weight is 594 g/mol. The first-order chi connectivity index (χ1) is 21.3. The number of alkyl carbamates (subject to hydrolysis) is 1. The molecular weight excluding hydrogens is 562 g/mol. The summed E-state index contributed by atoms with van der Waals surface area (Å²) in [6.45, 7) is 3.85. The van der Waals surface area contributed by atoms with E-state index in [2.05, 4.69) is 20.9 Å². The van der Waals surface area contributed by atoms with Crippen molar-refractivity contribution in [1.82, 2.24) is 15.6 Å². The minimum absolute atomic E-state index is 0.0383. The van der Waals surface area contributed by atoms with Gasteiger partial charge in [-0.15, -0.1) is 0 Å². The number of hydrogen-bond acceptors (Lipinski definition) is 8. The molecule has 0 aliphatic carbocycles. The first-order valence-electron chi connectivity index (χ1n) is 14.5. The number of para-hydroxylation sites is 1. The van der Waals surface area contributed by atoms with E-state index >= 15 is 0 Å². The number of oxazole rings is 1. The number of ether oxygens (including phenoxy) is 2. The van der Waals surface area contributed by atoms with Crippen molar-refractivity contribution in [2.45, 2.75) is 50.6 Å². The Balaban J connectivity index is 1.35. The van der Waals surface area contributed by atoms with E-state index in [9.17, 15) is 14.4 Å². The number of carbonyl (C=O) groups excluding carboxylic acids is 3. The number of nitrogens with zero attached hydrogens (tertiary/aromatic N) is 1. The van der Waals surface area contributed by atoms with Gasteiger partial charge in [0.1, 0.15) is 29.9 Å². The van der Waals surface area contributed by atoms with E-state index in [0.29, 0.717) is 5.75 Å². The molecule has 4 atom stereocenters. The Morgan fingerprint density at radius 2 is 1.84 bits per heavy atom. The number of rotatable bonds is 5.